The quantitative estimate of drug-likeness (QED) is 0.665. The molecule has 0 unspecified atom stereocenters. The van der Waals surface area contributed by atoms with Gasteiger partial charge in [-0.2, -0.15) is 5.10 Å². The van der Waals surface area contributed by atoms with Crippen LogP contribution in [0.2, 0.25) is 0 Å². The van der Waals surface area contributed by atoms with Gasteiger partial charge in [-0.3, -0.25) is 14.8 Å². The summed E-state index contributed by atoms with van der Waals surface area (Å²) in [5.41, 5.74) is 1.00. The van der Waals surface area contributed by atoms with E-state index in [4.69, 9.17) is 19.2 Å². The highest BCUT2D eigenvalue weighted by molar-refractivity contribution is 5.77. The Morgan fingerprint density at radius 1 is 1.28 bits per heavy atom. The van der Waals surface area contributed by atoms with Gasteiger partial charge in [0, 0.05) is 45.8 Å². The van der Waals surface area contributed by atoms with Crippen LogP contribution in [0.5, 0.6) is 11.5 Å². The van der Waals surface area contributed by atoms with Crippen LogP contribution in [-0.4, -0.2) is 84.5 Å². The molecule has 3 heterocycles. The first-order valence-electron chi connectivity index (χ1n) is 11.2. The Morgan fingerprint density at radius 2 is 2.12 bits per heavy atom. The van der Waals surface area contributed by atoms with E-state index in [1.807, 2.05) is 30.9 Å². The lowest BCUT2D eigenvalue weighted by atomic mass is 9.72. The van der Waals surface area contributed by atoms with Crippen molar-refractivity contribution in [1.29, 1.82) is 0 Å². The summed E-state index contributed by atoms with van der Waals surface area (Å²) in [6, 6.07) is 6.11. The summed E-state index contributed by atoms with van der Waals surface area (Å²) in [5, 5.41) is 7.57. The van der Waals surface area contributed by atoms with E-state index in [-0.39, 0.29) is 23.8 Å². The molecule has 2 fully saturated rings. The van der Waals surface area contributed by atoms with Crippen molar-refractivity contribution in [2.24, 2.45) is 5.92 Å². The Morgan fingerprint density at radius 3 is 2.81 bits per heavy atom. The number of ether oxygens (including phenoxy) is 3. The van der Waals surface area contributed by atoms with Gasteiger partial charge in [-0.1, -0.05) is 6.07 Å². The molecule has 1 amide bonds. The first kappa shape index (κ1) is 22.5. The maximum atomic E-state index is 12.5. The minimum absolute atomic E-state index is 0.0435. The van der Waals surface area contributed by atoms with Gasteiger partial charge < -0.3 is 19.1 Å². The summed E-state index contributed by atoms with van der Waals surface area (Å²) in [6.07, 6.45) is 0.841. The minimum atomic E-state index is -0.163. The Labute approximate surface area is 189 Å². The molecule has 0 spiro atoms. The third-order valence-electron chi connectivity index (χ3n) is 6.63. The number of benzene rings is 1. The second kappa shape index (κ2) is 9.46. The van der Waals surface area contributed by atoms with Crippen LogP contribution in [0.1, 0.15) is 30.6 Å². The number of hydrogen-bond acceptors (Lipinski definition) is 7. The van der Waals surface area contributed by atoms with E-state index < -0.39 is 0 Å². The molecule has 9 nitrogen and oxygen atoms in total. The van der Waals surface area contributed by atoms with Crippen LogP contribution in [0.3, 0.4) is 0 Å². The normalized spacial score (nSPS) is 23.2. The van der Waals surface area contributed by atoms with E-state index in [1.54, 1.807) is 14.2 Å². The number of carbonyl (C=O) groups is 1. The molecule has 0 bridgehead atoms. The molecule has 4 rings (SSSR count). The smallest absolute Gasteiger partial charge is 0.248 e. The van der Waals surface area contributed by atoms with Crippen LogP contribution in [0.15, 0.2) is 18.2 Å². The molecular formula is C23H33N5O4. The van der Waals surface area contributed by atoms with Crippen LogP contribution >= 0.6 is 0 Å². The van der Waals surface area contributed by atoms with E-state index in [0.717, 1.165) is 54.8 Å². The number of methoxy groups -OCH3 is 2. The molecule has 0 aliphatic carbocycles. The summed E-state index contributed by atoms with van der Waals surface area (Å²) < 4.78 is 16.3. The molecule has 0 saturated carbocycles. The lowest BCUT2D eigenvalue weighted by Gasteiger charge is -2.41. The predicted octanol–water partition coefficient (Wildman–Crippen LogP) is 1.77. The molecule has 32 heavy (non-hydrogen) atoms. The van der Waals surface area contributed by atoms with Gasteiger partial charge in [0.15, 0.2) is 17.3 Å². The zero-order valence-electron chi connectivity index (χ0n) is 19.4. The number of carbonyl (C=O) groups excluding carboxylic acids is 1. The monoisotopic (exact) mass is 443 g/mol. The Hall–Kier alpha value is -2.65. The molecule has 2 atom stereocenters. The fourth-order valence-electron chi connectivity index (χ4n) is 5.12. The Kier molecular flexibility index (Phi) is 6.66. The highest BCUT2D eigenvalue weighted by Gasteiger charge is 2.53. The maximum absolute atomic E-state index is 12.5. The molecule has 2 aliphatic rings. The summed E-state index contributed by atoms with van der Waals surface area (Å²) >= 11 is 0. The molecule has 1 N–H and O–H groups in total. The number of H-pyrrole nitrogens is 1. The first-order valence-corrected chi connectivity index (χ1v) is 11.2. The van der Waals surface area contributed by atoms with Crippen molar-refractivity contribution in [3.8, 4) is 11.5 Å². The zero-order valence-corrected chi connectivity index (χ0v) is 19.4. The van der Waals surface area contributed by atoms with E-state index in [0.29, 0.717) is 19.7 Å². The van der Waals surface area contributed by atoms with Crippen molar-refractivity contribution in [2.75, 3.05) is 53.6 Å². The summed E-state index contributed by atoms with van der Waals surface area (Å²) in [4.78, 5) is 21.6. The molecular weight excluding hydrogens is 410 g/mol. The molecule has 1 aromatic carbocycles. The van der Waals surface area contributed by atoms with Gasteiger partial charge in [-0.15, -0.1) is 0 Å². The minimum Gasteiger partial charge on any atom is -0.493 e. The van der Waals surface area contributed by atoms with Crippen LogP contribution in [0.4, 0.5) is 0 Å². The first-order chi connectivity index (χ1) is 15.5. The summed E-state index contributed by atoms with van der Waals surface area (Å²) in [5.74, 6) is 3.50. The third-order valence-corrected chi connectivity index (χ3v) is 6.63. The van der Waals surface area contributed by atoms with Crippen molar-refractivity contribution >= 4 is 5.91 Å². The molecule has 9 heteroatoms. The van der Waals surface area contributed by atoms with Crippen molar-refractivity contribution in [3.63, 3.8) is 0 Å². The average molecular weight is 444 g/mol. The highest BCUT2D eigenvalue weighted by atomic mass is 16.5. The zero-order chi connectivity index (χ0) is 22.7. The van der Waals surface area contributed by atoms with E-state index >= 15 is 0 Å². The van der Waals surface area contributed by atoms with Crippen molar-refractivity contribution in [1.82, 2.24) is 25.0 Å². The number of aromatic nitrogens is 3. The van der Waals surface area contributed by atoms with E-state index in [2.05, 4.69) is 21.2 Å². The van der Waals surface area contributed by atoms with Gasteiger partial charge in [-0.05, 0) is 38.0 Å². The number of amides is 1. The molecule has 2 saturated heterocycles. The fourth-order valence-corrected chi connectivity index (χ4v) is 5.12. The average Bonchev–Trinajstić information content (AvgIpc) is 3.38. The number of nitrogens with one attached hydrogen (secondary N) is 1. The summed E-state index contributed by atoms with van der Waals surface area (Å²) in [7, 11) is 3.23. The number of piperidine rings is 1. The number of nitrogens with zero attached hydrogens (tertiary/aromatic N) is 4. The second-order valence-corrected chi connectivity index (χ2v) is 8.71. The maximum Gasteiger partial charge on any atom is 0.248 e. The lowest BCUT2D eigenvalue weighted by molar-refractivity contribution is -0.137. The van der Waals surface area contributed by atoms with Gasteiger partial charge in [0.05, 0.1) is 19.1 Å². The number of hydrogen-bond donors (Lipinski definition) is 1. The number of likely N-dealkylation sites (tertiary alicyclic amines) is 2. The second-order valence-electron chi connectivity index (χ2n) is 8.71. The standard InChI is InChI=1S/C23H33N5O4/c1-5-32-19-7-6-17(10-20(19)31-4)11-27-12-18-13-28(21(29)14-30-3)9-8-23(18,15-27)22-24-16(2)25-26-22/h6-7,10,18H,5,8-9,11-15H2,1-4H3,(H,24,25,26)/t18-,23+/m0/s1. The molecule has 2 aromatic rings. The van der Waals surface area contributed by atoms with Gasteiger partial charge >= 0.3 is 0 Å². The number of fused-ring (bicyclic) bond motifs is 1. The number of rotatable bonds is 8. The van der Waals surface area contributed by atoms with Crippen molar-refractivity contribution in [3.05, 3.63) is 35.4 Å². The van der Waals surface area contributed by atoms with Crippen LogP contribution in [0.25, 0.3) is 0 Å². The van der Waals surface area contributed by atoms with E-state index in [9.17, 15) is 4.79 Å². The fraction of sp³-hybridized carbons (Fsp3) is 0.609. The van der Waals surface area contributed by atoms with Gasteiger partial charge in [-0.25, -0.2) is 4.98 Å². The lowest BCUT2D eigenvalue weighted by Crippen LogP contribution is -2.52. The van der Waals surface area contributed by atoms with Crippen LogP contribution < -0.4 is 9.47 Å². The van der Waals surface area contributed by atoms with Gasteiger partial charge in [0.1, 0.15) is 12.4 Å². The summed E-state index contributed by atoms with van der Waals surface area (Å²) in [6.45, 7) is 8.51. The predicted molar refractivity (Wildman–Crippen MR) is 119 cm³/mol. The van der Waals surface area contributed by atoms with Gasteiger partial charge in [0.25, 0.3) is 0 Å². The molecule has 174 valence electrons. The van der Waals surface area contributed by atoms with Crippen LogP contribution in [-0.2, 0) is 21.5 Å². The molecule has 2 aliphatic heterocycles. The number of aromatic amines is 1. The van der Waals surface area contributed by atoms with Gasteiger partial charge in [0.2, 0.25) is 5.91 Å². The molecule has 1 aromatic heterocycles. The molecule has 0 radical (unpaired) electrons. The largest absolute Gasteiger partial charge is 0.493 e. The number of aryl methyl sites for hydroxylation is 1. The Balaban J connectivity index is 1.55. The topological polar surface area (TPSA) is 92.8 Å². The van der Waals surface area contributed by atoms with Crippen molar-refractivity contribution in [2.45, 2.75) is 32.2 Å². The van der Waals surface area contributed by atoms with Crippen molar-refractivity contribution < 1.29 is 19.0 Å². The third kappa shape index (κ3) is 4.31. The SMILES string of the molecule is CCOc1ccc(CN2C[C@H]3CN(C(=O)COC)CC[C@@]3(c3n[nH]c(C)n3)C2)cc1OC. The van der Waals surface area contributed by atoms with E-state index in [1.165, 1.54) is 0 Å². The highest BCUT2D eigenvalue weighted by Crippen LogP contribution is 2.44. The Bertz CT molecular complexity index is 948. The van der Waals surface area contributed by atoms with Crippen LogP contribution in [0, 0.1) is 12.8 Å².